The molecule has 0 bridgehead atoms. The van der Waals surface area contributed by atoms with E-state index in [1.807, 2.05) is 0 Å². The second-order valence-corrected chi connectivity index (χ2v) is 8.54. The number of benzene rings is 2. The number of anilines is 2. The molecule has 29 heavy (non-hydrogen) atoms. The summed E-state index contributed by atoms with van der Waals surface area (Å²) in [4.78, 5) is 23.4. The number of methoxy groups -OCH3 is 1. The lowest BCUT2D eigenvalue weighted by molar-refractivity contribution is -0.385. The number of carbonyl (C=O) groups excluding carboxylic acids is 1. The number of hydrogen-bond donors (Lipinski definition) is 1. The molecule has 2 rings (SSSR count). The quantitative estimate of drug-likeness (QED) is 0.519. The molecule has 1 atom stereocenters. The third kappa shape index (κ3) is 4.96. The standard InChI is InChI=1S/C18H20ClN3O6S/c1-11-14(6-5-7-15(11)22(24)25)20-18(23)12(2)21(29(4,26)27)16-10-13(19)8-9-17(16)28-3/h5-10,12H,1-4H3,(H,20,23). The van der Waals surface area contributed by atoms with Crippen molar-refractivity contribution >= 4 is 44.6 Å². The average Bonchev–Trinajstić information content (AvgIpc) is 2.62. The molecule has 9 nitrogen and oxygen atoms in total. The van der Waals surface area contributed by atoms with Gasteiger partial charge in [0.25, 0.3) is 5.69 Å². The van der Waals surface area contributed by atoms with Crippen LogP contribution in [0.15, 0.2) is 36.4 Å². The lowest BCUT2D eigenvalue weighted by Crippen LogP contribution is -2.45. The van der Waals surface area contributed by atoms with Crippen molar-refractivity contribution < 1.29 is 22.9 Å². The van der Waals surface area contributed by atoms with E-state index in [0.29, 0.717) is 0 Å². The van der Waals surface area contributed by atoms with Crippen molar-refractivity contribution in [2.75, 3.05) is 23.0 Å². The third-order valence-corrected chi connectivity index (χ3v) is 5.69. The second kappa shape index (κ2) is 8.66. The van der Waals surface area contributed by atoms with E-state index in [1.165, 1.54) is 57.4 Å². The lowest BCUT2D eigenvalue weighted by Gasteiger charge is -2.29. The summed E-state index contributed by atoms with van der Waals surface area (Å²) in [6.07, 6.45) is 0.954. The molecule has 0 fully saturated rings. The Morgan fingerprint density at radius 1 is 1.31 bits per heavy atom. The molecule has 0 radical (unpaired) electrons. The van der Waals surface area contributed by atoms with Crippen molar-refractivity contribution in [2.24, 2.45) is 0 Å². The van der Waals surface area contributed by atoms with Gasteiger partial charge < -0.3 is 10.1 Å². The van der Waals surface area contributed by atoms with Crippen molar-refractivity contribution in [2.45, 2.75) is 19.9 Å². The molecular weight excluding hydrogens is 422 g/mol. The summed E-state index contributed by atoms with van der Waals surface area (Å²) in [5, 5.41) is 13.9. The third-order valence-electron chi connectivity index (χ3n) is 4.23. The highest BCUT2D eigenvalue weighted by Crippen LogP contribution is 2.34. The molecule has 1 N–H and O–H groups in total. The summed E-state index contributed by atoms with van der Waals surface area (Å²) in [6, 6.07) is 7.44. The summed E-state index contributed by atoms with van der Waals surface area (Å²) in [5.74, 6) is -0.466. The SMILES string of the molecule is COc1ccc(Cl)cc1N(C(C)C(=O)Nc1cccc([N+](=O)[O-])c1C)S(C)(=O)=O. The van der Waals surface area contributed by atoms with E-state index < -0.39 is 26.9 Å². The van der Waals surface area contributed by atoms with E-state index in [-0.39, 0.29) is 33.4 Å². The normalized spacial score (nSPS) is 12.2. The molecule has 2 aromatic rings. The molecule has 0 spiro atoms. The Morgan fingerprint density at radius 2 is 1.97 bits per heavy atom. The summed E-state index contributed by atoms with van der Waals surface area (Å²) in [7, 11) is -2.54. The Balaban J connectivity index is 2.45. The molecule has 1 unspecified atom stereocenters. The van der Waals surface area contributed by atoms with Crippen LogP contribution in [0.2, 0.25) is 5.02 Å². The fourth-order valence-electron chi connectivity index (χ4n) is 2.81. The maximum atomic E-state index is 12.8. The zero-order valence-corrected chi connectivity index (χ0v) is 17.7. The summed E-state index contributed by atoms with van der Waals surface area (Å²) in [5.41, 5.74) is 0.402. The van der Waals surface area contributed by atoms with Gasteiger partial charge in [0.05, 0.1) is 35.2 Å². The van der Waals surface area contributed by atoms with Crippen molar-refractivity contribution in [3.63, 3.8) is 0 Å². The van der Waals surface area contributed by atoms with Gasteiger partial charge in [0.1, 0.15) is 11.8 Å². The van der Waals surface area contributed by atoms with Gasteiger partial charge in [0.15, 0.2) is 0 Å². The minimum atomic E-state index is -3.91. The Kier molecular flexibility index (Phi) is 6.70. The molecule has 2 aromatic carbocycles. The van der Waals surface area contributed by atoms with Gasteiger partial charge >= 0.3 is 0 Å². The van der Waals surface area contributed by atoms with Crippen LogP contribution in [0.1, 0.15) is 12.5 Å². The maximum Gasteiger partial charge on any atom is 0.274 e. The smallest absolute Gasteiger partial charge is 0.274 e. The fourth-order valence-corrected chi connectivity index (χ4v) is 4.15. The molecular formula is C18H20ClN3O6S. The first-order valence-corrected chi connectivity index (χ1v) is 10.6. The zero-order chi connectivity index (χ0) is 21.9. The van der Waals surface area contributed by atoms with Crippen LogP contribution in [0.5, 0.6) is 5.75 Å². The van der Waals surface area contributed by atoms with Crippen LogP contribution in [0, 0.1) is 17.0 Å². The van der Waals surface area contributed by atoms with Crippen LogP contribution in [-0.2, 0) is 14.8 Å². The van der Waals surface area contributed by atoms with E-state index >= 15 is 0 Å². The molecule has 0 heterocycles. The van der Waals surface area contributed by atoms with Gasteiger partial charge in [-0.1, -0.05) is 17.7 Å². The van der Waals surface area contributed by atoms with Gasteiger partial charge in [-0.2, -0.15) is 0 Å². The Morgan fingerprint density at radius 3 is 2.52 bits per heavy atom. The molecule has 11 heteroatoms. The summed E-state index contributed by atoms with van der Waals surface area (Å²) < 4.78 is 31.1. The molecule has 1 amide bonds. The summed E-state index contributed by atoms with van der Waals surface area (Å²) in [6.45, 7) is 2.89. The van der Waals surface area contributed by atoms with Crippen LogP contribution in [-0.4, -0.2) is 38.7 Å². The molecule has 0 aliphatic rings. The number of hydrogen-bond acceptors (Lipinski definition) is 6. The van der Waals surface area contributed by atoms with Crippen LogP contribution >= 0.6 is 11.6 Å². The topological polar surface area (TPSA) is 119 Å². The Labute approximate surface area is 173 Å². The molecule has 0 saturated carbocycles. The van der Waals surface area contributed by atoms with Gasteiger partial charge in [-0.05, 0) is 38.1 Å². The zero-order valence-electron chi connectivity index (χ0n) is 16.2. The number of nitro benzene ring substituents is 1. The highest BCUT2D eigenvalue weighted by atomic mass is 35.5. The predicted molar refractivity (Wildman–Crippen MR) is 111 cm³/mol. The van der Waals surface area contributed by atoms with Gasteiger partial charge in [-0.15, -0.1) is 0 Å². The van der Waals surface area contributed by atoms with Crippen molar-refractivity contribution in [1.29, 1.82) is 0 Å². The minimum Gasteiger partial charge on any atom is -0.495 e. The van der Waals surface area contributed by atoms with E-state index in [1.54, 1.807) is 0 Å². The number of nitro groups is 1. The molecule has 0 saturated heterocycles. The number of amides is 1. The highest BCUT2D eigenvalue weighted by molar-refractivity contribution is 7.92. The average molecular weight is 442 g/mol. The molecule has 156 valence electrons. The van der Waals surface area contributed by atoms with E-state index in [9.17, 15) is 23.3 Å². The van der Waals surface area contributed by atoms with Gasteiger partial charge in [-0.3, -0.25) is 19.2 Å². The minimum absolute atomic E-state index is 0.0981. The van der Waals surface area contributed by atoms with Crippen molar-refractivity contribution in [3.8, 4) is 5.75 Å². The highest BCUT2D eigenvalue weighted by Gasteiger charge is 2.32. The predicted octanol–water partition coefficient (Wildman–Crippen LogP) is 3.36. The van der Waals surface area contributed by atoms with Crippen LogP contribution in [0.4, 0.5) is 17.1 Å². The Hall–Kier alpha value is -2.85. The number of halogens is 1. The molecule has 0 aromatic heterocycles. The first kappa shape index (κ1) is 22.4. The second-order valence-electron chi connectivity index (χ2n) is 6.25. The largest absolute Gasteiger partial charge is 0.495 e. The number of nitrogens with zero attached hydrogens (tertiary/aromatic N) is 2. The fraction of sp³-hybridized carbons (Fsp3) is 0.278. The van der Waals surface area contributed by atoms with Crippen LogP contribution in [0.25, 0.3) is 0 Å². The number of carbonyl (C=O) groups is 1. The van der Waals surface area contributed by atoms with Gasteiger partial charge in [0.2, 0.25) is 15.9 Å². The monoisotopic (exact) mass is 441 g/mol. The number of sulfonamides is 1. The number of rotatable bonds is 7. The van der Waals surface area contributed by atoms with Gasteiger partial charge in [-0.25, -0.2) is 8.42 Å². The van der Waals surface area contributed by atoms with Crippen LogP contribution in [0.3, 0.4) is 0 Å². The summed E-state index contributed by atoms with van der Waals surface area (Å²) >= 11 is 6.01. The van der Waals surface area contributed by atoms with Crippen molar-refractivity contribution in [1.82, 2.24) is 0 Å². The van der Waals surface area contributed by atoms with E-state index in [0.717, 1.165) is 10.6 Å². The number of nitrogens with one attached hydrogen (secondary N) is 1. The molecule has 0 aliphatic carbocycles. The first-order valence-electron chi connectivity index (χ1n) is 8.35. The first-order chi connectivity index (χ1) is 13.5. The van der Waals surface area contributed by atoms with E-state index in [2.05, 4.69) is 5.32 Å². The Bertz CT molecular complexity index is 1060. The van der Waals surface area contributed by atoms with Crippen molar-refractivity contribution in [3.05, 3.63) is 57.1 Å². The molecule has 0 aliphatic heterocycles. The van der Waals surface area contributed by atoms with Gasteiger partial charge in [0, 0.05) is 11.1 Å². The number of ether oxygens (including phenoxy) is 1. The van der Waals surface area contributed by atoms with E-state index in [4.69, 9.17) is 16.3 Å². The lowest BCUT2D eigenvalue weighted by atomic mass is 10.1. The maximum absolute atomic E-state index is 12.8. The van der Waals surface area contributed by atoms with Crippen LogP contribution < -0.4 is 14.4 Å².